The normalized spacial score (nSPS) is 14.6. The van der Waals surface area contributed by atoms with Crippen molar-refractivity contribution in [3.63, 3.8) is 0 Å². The molecular formula is C17H17BrClNO. The van der Waals surface area contributed by atoms with E-state index in [-0.39, 0.29) is 6.04 Å². The van der Waals surface area contributed by atoms with Crippen LogP contribution in [0, 0.1) is 0 Å². The molecule has 1 N–H and O–H groups in total. The summed E-state index contributed by atoms with van der Waals surface area (Å²) >= 11 is 9.68. The van der Waals surface area contributed by atoms with Crippen LogP contribution in [0.3, 0.4) is 0 Å². The van der Waals surface area contributed by atoms with Gasteiger partial charge in [-0.15, -0.1) is 0 Å². The highest BCUT2D eigenvalue weighted by molar-refractivity contribution is 9.10. The van der Waals surface area contributed by atoms with Gasteiger partial charge in [0.2, 0.25) is 0 Å². The van der Waals surface area contributed by atoms with Gasteiger partial charge in [-0.2, -0.15) is 0 Å². The van der Waals surface area contributed by atoms with Crippen molar-refractivity contribution < 1.29 is 4.74 Å². The summed E-state index contributed by atoms with van der Waals surface area (Å²) in [6.07, 6.45) is 0.990. The van der Waals surface area contributed by atoms with Gasteiger partial charge >= 0.3 is 0 Å². The number of ether oxygens (including phenoxy) is 1. The largest absolute Gasteiger partial charge is 0.493 e. The Kier molecular flexibility index (Phi) is 4.53. The first kappa shape index (κ1) is 14.9. The third kappa shape index (κ3) is 3.10. The number of hydrogen-bond donors (Lipinski definition) is 1. The zero-order valence-corrected chi connectivity index (χ0v) is 14.2. The van der Waals surface area contributed by atoms with Gasteiger partial charge in [0.1, 0.15) is 5.75 Å². The van der Waals surface area contributed by atoms with Gasteiger partial charge in [-0.25, -0.2) is 0 Å². The zero-order chi connectivity index (χ0) is 14.8. The number of rotatable bonds is 4. The summed E-state index contributed by atoms with van der Waals surface area (Å²) in [5.74, 6) is 1.02. The molecule has 1 heterocycles. The molecule has 0 saturated carbocycles. The van der Waals surface area contributed by atoms with Crippen LogP contribution in [0.5, 0.6) is 5.75 Å². The standard InChI is InChI=1S/C17H17BrClNO/c1-2-20-17(14-5-4-13(19)10-15(14)18)12-3-6-16-11(9-12)7-8-21-16/h3-6,9-10,17,20H,2,7-8H2,1H3. The SMILES string of the molecule is CCNC(c1ccc2c(c1)CCO2)c1ccc(Cl)cc1Br. The third-order valence-electron chi connectivity index (χ3n) is 3.73. The van der Waals surface area contributed by atoms with Gasteiger partial charge in [0.15, 0.2) is 0 Å². The maximum atomic E-state index is 6.05. The Morgan fingerprint density at radius 1 is 1.29 bits per heavy atom. The van der Waals surface area contributed by atoms with Crippen LogP contribution < -0.4 is 10.1 Å². The Morgan fingerprint density at radius 2 is 2.14 bits per heavy atom. The molecule has 0 saturated heterocycles. The number of fused-ring (bicyclic) bond motifs is 1. The minimum absolute atomic E-state index is 0.146. The predicted octanol–water partition coefficient (Wildman–Crippen LogP) is 4.74. The molecule has 4 heteroatoms. The predicted molar refractivity (Wildman–Crippen MR) is 90.3 cm³/mol. The van der Waals surface area contributed by atoms with E-state index in [1.165, 1.54) is 16.7 Å². The summed E-state index contributed by atoms with van der Waals surface area (Å²) < 4.78 is 6.62. The van der Waals surface area contributed by atoms with Crippen LogP contribution in [0.25, 0.3) is 0 Å². The van der Waals surface area contributed by atoms with E-state index < -0.39 is 0 Å². The molecule has 1 unspecified atom stereocenters. The van der Waals surface area contributed by atoms with Gasteiger partial charge in [0.25, 0.3) is 0 Å². The number of halogens is 2. The molecule has 2 nitrogen and oxygen atoms in total. The smallest absolute Gasteiger partial charge is 0.122 e. The molecule has 1 aliphatic heterocycles. The van der Waals surface area contributed by atoms with Gasteiger partial charge in [-0.3, -0.25) is 0 Å². The maximum absolute atomic E-state index is 6.05. The lowest BCUT2D eigenvalue weighted by Crippen LogP contribution is -2.22. The minimum Gasteiger partial charge on any atom is -0.493 e. The first-order valence-corrected chi connectivity index (χ1v) is 8.30. The second-order valence-electron chi connectivity index (χ2n) is 5.12. The average Bonchev–Trinajstić information content (AvgIpc) is 2.93. The Bertz CT molecular complexity index is 659. The van der Waals surface area contributed by atoms with Crippen LogP contribution in [0.2, 0.25) is 5.02 Å². The maximum Gasteiger partial charge on any atom is 0.122 e. The molecule has 0 spiro atoms. The monoisotopic (exact) mass is 365 g/mol. The van der Waals surface area contributed by atoms with Gasteiger partial charge in [-0.05, 0) is 41.4 Å². The number of nitrogens with one attached hydrogen (secondary N) is 1. The van der Waals surface area contributed by atoms with Crippen LogP contribution in [-0.4, -0.2) is 13.2 Å². The molecule has 0 aliphatic carbocycles. The van der Waals surface area contributed by atoms with Crippen molar-refractivity contribution in [3.8, 4) is 5.75 Å². The molecule has 0 amide bonds. The van der Waals surface area contributed by atoms with E-state index in [0.717, 1.165) is 34.8 Å². The molecule has 0 fully saturated rings. The molecule has 0 bridgehead atoms. The third-order valence-corrected chi connectivity index (χ3v) is 4.65. The first-order valence-electron chi connectivity index (χ1n) is 7.13. The van der Waals surface area contributed by atoms with Crippen LogP contribution in [0.15, 0.2) is 40.9 Å². The fourth-order valence-corrected chi connectivity index (χ4v) is 3.64. The minimum atomic E-state index is 0.146. The summed E-state index contributed by atoms with van der Waals surface area (Å²) in [6, 6.07) is 12.6. The van der Waals surface area contributed by atoms with E-state index in [2.05, 4.69) is 52.4 Å². The molecule has 3 rings (SSSR count). The first-order chi connectivity index (χ1) is 10.2. The van der Waals surface area contributed by atoms with Gasteiger partial charge in [-0.1, -0.05) is 52.7 Å². The molecule has 2 aromatic carbocycles. The second-order valence-corrected chi connectivity index (χ2v) is 6.41. The van der Waals surface area contributed by atoms with Crippen molar-refractivity contribution in [2.45, 2.75) is 19.4 Å². The molecule has 1 atom stereocenters. The summed E-state index contributed by atoms with van der Waals surface area (Å²) in [7, 11) is 0. The fourth-order valence-electron chi connectivity index (χ4n) is 2.73. The zero-order valence-electron chi connectivity index (χ0n) is 11.8. The van der Waals surface area contributed by atoms with Gasteiger partial charge in [0.05, 0.1) is 12.6 Å². The van der Waals surface area contributed by atoms with Crippen LogP contribution in [0.1, 0.15) is 29.7 Å². The van der Waals surface area contributed by atoms with Crippen molar-refractivity contribution in [1.82, 2.24) is 5.32 Å². The second kappa shape index (κ2) is 6.39. The van der Waals surface area contributed by atoms with Crippen molar-refractivity contribution in [2.75, 3.05) is 13.2 Å². The Morgan fingerprint density at radius 3 is 2.90 bits per heavy atom. The van der Waals surface area contributed by atoms with E-state index >= 15 is 0 Å². The van der Waals surface area contributed by atoms with Crippen molar-refractivity contribution >= 4 is 27.5 Å². The lowest BCUT2D eigenvalue weighted by atomic mass is 9.96. The number of hydrogen-bond acceptors (Lipinski definition) is 2. The summed E-state index contributed by atoms with van der Waals surface area (Å²) in [6.45, 7) is 3.80. The molecule has 1 aliphatic rings. The highest BCUT2D eigenvalue weighted by Gasteiger charge is 2.19. The summed E-state index contributed by atoms with van der Waals surface area (Å²) in [5, 5.41) is 4.29. The van der Waals surface area contributed by atoms with Crippen molar-refractivity contribution in [3.05, 3.63) is 62.6 Å². The Hall–Kier alpha value is -1.03. The van der Waals surface area contributed by atoms with E-state index in [4.69, 9.17) is 16.3 Å². The van der Waals surface area contributed by atoms with E-state index in [9.17, 15) is 0 Å². The lowest BCUT2D eigenvalue weighted by molar-refractivity contribution is 0.357. The molecular weight excluding hydrogens is 350 g/mol. The van der Waals surface area contributed by atoms with Crippen molar-refractivity contribution in [2.24, 2.45) is 0 Å². The average molecular weight is 367 g/mol. The fraction of sp³-hybridized carbons (Fsp3) is 0.294. The lowest BCUT2D eigenvalue weighted by Gasteiger charge is -2.21. The number of benzene rings is 2. The summed E-state index contributed by atoms with van der Waals surface area (Å²) in [4.78, 5) is 0. The van der Waals surface area contributed by atoms with Gasteiger partial charge < -0.3 is 10.1 Å². The van der Waals surface area contributed by atoms with Crippen LogP contribution in [-0.2, 0) is 6.42 Å². The molecule has 110 valence electrons. The quantitative estimate of drug-likeness (QED) is 0.844. The van der Waals surface area contributed by atoms with Crippen LogP contribution in [0.4, 0.5) is 0 Å². The van der Waals surface area contributed by atoms with E-state index in [1.807, 2.05) is 12.1 Å². The topological polar surface area (TPSA) is 21.3 Å². The molecule has 0 aromatic heterocycles. The van der Waals surface area contributed by atoms with E-state index in [1.54, 1.807) is 0 Å². The Balaban J connectivity index is 2.01. The summed E-state index contributed by atoms with van der Waals surface area (Å²) in [5.41, 5.74) is 3.74. The van der Waals surface area contributed by atoms with Crippen molar-refractivity contribution in [1.29, 1.82) is 0 Å². The highest BCUT2D eigenvalue weighted by atomic mass is 79.9. The molecule has 2 aromatic rings. The van der Waals surface area contributed by atoms with Gasteiger partial charge in [0, 0.05) is 15.9 Å². The van der Waals surface area contributed by atoms with Crippen LogP contribution >= 0.6 is 27.5 Å². The van der Waals surface area contributed by atoms with E-state index in [0.29, 0.717) is 0 Å². The highest BCUT2D eigenvalue weighted by Crippen LogP contribution is 2.34. The Labute approximate surface area is 138 Å². The molecule has 0 radical (unpaired) electrons. The molecule has 21 heavy (non-hydrogen) atoms.